The zero-order valence-corrected chi connectivity index (χ0v) is 13.7. The maximum atomic E-state index is 10.7. The molecule has 0 aliphatic carbocycles. The molecule has 0 aromatic rings. The van der Waals surface area contributed by atoms with Crippen LogP contribution in [-0.4, -0.2) is 26.7 Å². The van der Waals surface area contributed by atoms with Crippen molar-refractivity contribution in [1.29, 1.82) is 0 Å². The van der Waals surface area contributed by atoms with Gasteiger partial charge in [-0.25, -0.2) is 8.51 Å². The fourth-order valence-electron chi connectivity index (χ4n) is 2.25. The SMILES string of the molecule is CCCCCCCCCCCCCCN(C)S(=O)O. The van der Waals surface area contributed by atoms with Crippen LogP contribution in [0.4, 0.5) is 0 Å². The Hall–Kier alpha value is 0.0700. The number of unbranched alkanes of at least 4 members (excludes halogenated alkanes) is 11. The normalized spacial score (nSPS) is 13.1. The van der Waals surface area contributed by atoms with Crippen molar-refractivity contribution in [3.63, 3.8) is 0 Å². The average Bonchev–Trinajstić information content (AvgIpc) is 2.39. The van der Waals surface area contributed by atoms with E-state index in [2.05, 4.69) is 6.92 Å². The van der Waals surface area contributed by atoms with E-state index in [1.54, 1.807) is 7.05 Å². The van der Waals surface area contributed by atoms with Gasteiger partial charge in [-0.15, -0.1) is 0 Å². The van der Waals surface area contributed by atoms with Crippen LogP contribution >= 0.6 is 0 Å². The molecule has 1 atom stereocenters. The molecule has 0 aliphatic heterocycles. The molecule has 0 bridgehead atoms. The van der Waals surface area contributed by atoms with Gasteiger partial charge in [-0.05, 0) is 6.42 Å². The molecule has 1 unspecified atom stereocenters. The summed E-state index contributed by atoms with van der Waals surface area (Å²) in [5.41, 5.74) is 0. The van der Waals surface area contributed by atoms with Gasteiger partial charge in [-0.1, -0.05) is 77.6 Å². The van der Waals surface area contributed by atoms with Crippen LogP contribution in [0.25, 0.3) is 0 Å². The van der Waals surface area contributed by atoms with Crippen molar-refractivity contribution in [2.75, 3.05) is 13.6 Å². The van der Waals surface area contributed by atoms with E-state index >= 15 is 0 Å². The van der Waals surface area contributed by atoms with Crippen LogP contribution in [0, 0.1) is 0 Å². The molecule has 0 aromatic carbocycles. The minimum absolute atomic E-state index is 0.723. The van der Waals surface area contributed by atoms with Crippen LogP contribution in [0.1, 0.15) is 84.0 Å². The summed E-state index contributed by atoms with van der Waals surface area (Å²) < 4.78 is 20.9. The van der Waals surface area contributed by atoms with Gasteiger partial charge in [0, 0.05) is 13.6 Å². The van der Waals surface area contributed by atoms with Crippen LogP contribution in [-0.2, 0) is 11.3 Å². The lowest BCUT2D eigenvalue weighted by atomic mass is 10.1. The Morgan fingerprint density at radius 3 is 1.53 bits per heavy atom. The number of hydrogen-bond acceptors (Lipinski definition) is 1. The Balaban J connectivity index is 3.05. The third-order valence-electron chi connectivity index (χ3n) is 3.59. The van der Waals surface area contributed by atoms with E-state index in [-0.39, 0.29) is 0 Å². The van der Waals surface area contributed by atoms with Crippen molar-refractivity contribution < 1.29 is 8.76 Å². The molecular formula is C15H33NO2S. The highest BCUT2D eigenvalue weighted by atomic mass is 32.2. The van der Waals surface area contributed by atoms with E-state index in [9.17, 15) is 4.21 Å². The van der Waals surface area contributed by atoms with E-state index < -0.39 is 11.3 Å². The molecular weight excluding hydrogens is 258 g/mol. The molecule has 4 heteroatoms. The maximum absolute atomic E-state index is 10.7. The van der Waals surface area contributed by atoms with Gasteiger partial charge < -0.3 is 0 Å². The molecule has 1 N–H and O–H groups in total. The lowest BCUT2D eigenvalue weighted by Crippen LogP contribution is -2.21. The van der Waals surface area contributed by atoms with Crippen LogP contribution in [0.2, 0.25) is 0 Å². The van der Waals surface area contributed by atoms with E-state index in [1.807, 2.05) is 0 Å². The summed E-state index contributed by atoms with van der Waals surface area (Å²) in [5, 5.41) is 0. The molecule has 0 rings (SSSR count). The summed E-state index contributed by atoms with van der Waals surface area (Å²) in [6, 6.07) is 0. The minimum Gasteiger partial charge on any atom is -0.294 e. The largest absolute Gasteiger partial charge is 0.294 e. The third-order valence-corrected chi connectivity index (χ3v) is 4.31. The molecule has 0 aromatic heterocycles. The standard InChI is InChI=1S/C15H33NO2S/c1-3-4-5-6-7-8-9-10-11-12-13-14-15-16(2)19(17)18/h3-15H2,1-2H3,(H,17,18). The monoisotopic (exact) mass is 291 g/mol. The lowest BCUT2D eigenvalue weighted by molar-refractivity contribution is 0.431. The maximum Gasteiger partial charge on any atom is 0.234 e. The second-order valence-electron chi connectivity index (χ2n) is 5.47. The summed E-state index contributed by atoms with van der Waals surface area (Å²) >= 11 is -1.79. The Morgan fingerprint density at radius 2 is 1.16 bits per heavy atom. The molecule has 0 saturated heterocycles. The van der Waals surface area contributed by atoms with Gasteiger partial charge in [0.1, 0.15) is 0 Å². The number of hydrogen-bond donors (Lipinski definition) is 1. The molecule has 0 amide bonds. The molecule has 3 nitrogen and oxygen atoms in total. The summed E-state index contributed by atoms with van der Waals surface area (Å²) in [5.74, 6) is 0. The van der Waals surface area contributed by atoms with Gasteiger partial charge >= 0.3 is 0 Å². The molecule has 0 fully saturated rings. The van der Waals surface area contributed by atoms with E-state index in [1.165, 1.54) is 74.9 Å². The van der Waals surface area contributed by atoms with Crippen molar-refractivity contribution in [2.45, 2.75) is 84.0 Å². The van der Waals surface area contributed by atoms with Crippen LogP contribution < -0.4 is 0 Å². The van der Waals surface area contributed by atoms with Gasteiger partial charge in [-0.2, -0.15) is 0 Å². The average molecular weight is 292 g/mol. The highest BCUT2D eigenvalue weighted by Gasteiger charge is 2.02. The quantitative estimate of drug-likeness (QED) is 0.370. The fourth-order valence-corrected chi connectivity index (χ4v) is 2.54. The van der Waals surface area contributed by atoms with Crippen molar-refractivity contribution in [1.82, 2.24) is 4.31 Å². The molecule has 0 aliphatic rings. The second-order valence-corrected chi connectivity index (χ2v) is 6.56. The zero-order valence-electron chi connectivity index (χ0n) is 12.9. The predicted octanol–water partition coefficient (Wildman–Crippen LogP) is 4.76. The van der Waals surface area contributed by atoms with Gasteiger partial charge in [-0.3, -0.25) is 4.55 Å². The van der Waals surface area contributed by atoms with Crippen LogP contribution in [0.5, 0.6) is 0 Å². The summed E-state index contributed by atoms with van der Waals surface area (Å²) in [6.45, 7) is 2.98. The van der Waals surface area contributed by atoms with Crippen molar-refractivity contribution in [3.05, 3.63) is 0 Å². The van der Waals surface area contributed by atoms with Gasteiger partial charge in [0.25, 0.3) is 0 Å². The number of rotatable bonds is 14. The van der Waals surface area contributed by atoms with E-state index in [0.717, 1.165) is 13.0 Å². The molecule has 0 radical (unpaired) electrons. The van der Waals surface area contributed by atoms with E-state index in [0.29, 0.717) is 0 Å². The third kappa shape index (κ3) is 14.3. The molecule has 0 saturated carbocycles. The van der Waals surface area contributed by atoms with Crippen molar-refractivity contribution in [3.8, 4) is 0 Å². The Bertz CT molecular complexity index is 212. The van der Waals surface area contributed by atoms with Crippen molar-refractivity contribution >= 4 is 11.3 Å². The first-order valence-electron chi connectivity index (χ1n) is 8.00. The first-order valence-corrected chi connectivity index (χ1v) is 9.07. The van der Waals surface area contributed by atoms with Crippen molar-refractivity contribution in [2.24, 2.45) is 0 Å². The zero-order chi connectivity index (χ0) is 14.3. The summed E-state index contributed by atoms with van der Waals surface area (Å²) in [7, 11) is 1.69. The Kier molecular flexibility index (Phi) is 14.5. The Morgan fingerprint density at radius 1 is 0.789 bits per heavy atom. The molecule has 0 heterocycles. The predicted molar refractivity (Wildman–Crippen MR) is 84.5 cm³/mol. The topological polar surface area (TPSA) is 40.5 Å². The smallest absolute Gasteiger partial charge is 0.234 e. The minimum atomic E-state index is -1.79. The fraction of sp³-hybridized carbons (Fsp3) is 1.00. The molecule has 19 heavy (non-hydrogen) atoms. The lowest BCUT2D eigenvalue weighted by Gasteiger charge is -2.10. The highest BCUT2D eigenvalue weighted by molar-refractivity contribution is 7.76. The molecule has 0 spiro atoms. The first-order chi connectivity index (χ1) is 9.18. The van der Waals surface area contributed by atoms with E-state index in [4.69, 9.17) is 4.55 Å². The first kappa shape index (κ1) is 19.1. The van der Waals surface area contributed by atoms with Gasteiger partial charge in [0.2, 0.25) is 11.3 Å². The highest BCUT2D eigenvalue weighted by Crippen LogP contribution is 2.12. The molecule has 116 valence electrons. The van der Waals surface area contributed by atoms with Crippen LogP contribution in [0.15, 0.2) is 0 Å². The van der Waals surface area contributed by atoms with Gasteiger partial charge in [0.15, 0.2) is 0 Å². The van der Waals surface area contributed by atoms with Gasteiger partial charge in [0.05, 0.1) is 0 Å². The summed E-state index contributed by atoms with van der Waals surface area (Å²) in [6.07, 6.45) is 15.9. The van der Waals surface area contributed by atoms with Crippen LogP contribution in [0.3, 0.4) is 0 Å². The summed E-state index contributed by atoms with van der Waals surface area (Å²) in [4.78, 5) is 0. The number of nitrogens with zero attached hydrogens (tertiary/aromatic N) is 1. The Labute approximate surface area is 122 Å². The second kappa shape index (κ2) is 14.5.